The Balaban J connectivity index is 2.25. The minimum Gasteiger partial charge on any atom is -0.396 e. The second kappa shape index (κ2) is 5.78. The minimum absolute atomic E-state index is 0.611. The van der Waals surface area contributed by atoms with E-state index in [1.54, 1.807) is 6.07 Å². The maximum Gasteiger partial charge on any atom is 0.133 e. The van der Waals surface area contributed by atoms with Crippen LogP contribution in [-0.4, -0.2) is 30.9 Å². The lowest BCUT2D eigenvalue weighted by atomic mass is 10.4. The fraction of sp³-hybridized carbons (Fsp3) is 0.615. The topological polar surface area (TPSA) is 67.2 Å². The summed E-state index contributed by atoms with van der Waals surface area (Å²) in [6.45, 7) is 6.00. The molecule has 1 saturated heterocycles. The van der Waals surface area contributed by atoms with Crippen molar-refractivity contribution in [3.63, 3.8) is 0 Å². The van der Waals surface area contributed by atoms with Crippen LogP contribution in [0.25, 0.3) is 0 Å². The van der Waals surface area contributed by atoms with E-state index in [2.05, 4.69) is 11.0 Å². The van der Waals surface area contributed by atoms with E-state index in [-0.39, 0.29) is 0 Å². The first kappa shape index (κ1) is 12.8. The van der Waals surface area contributed by atoms with Gasteiger partial charge in [-0.05, 0) is 25.8 Å². The number of anilines is 2. The molecule has 1 aromatic heterocycles. The smallest absolute Gasteiger partial charge is 0.133 e. The Morgan fingerprint density at radius 1 is 1.44 bits per heavy atom. The van der Waals surface area contributed by atoms with Crippen LogP contribution in [0.4, 0.5) is 11.5 Å². The summed E-state index contributed by atoms with van der Waals surface area (Å²) in [7, 11) is 0. The molecule has 0 radical (unpaired) electrons. The maximum atomic E-state index is 9.17. The van der Waals surface area contributed by atoms with Crippen LogP contribution in [-0.2, 0) is 11.3 Å². The Kier molecular flexibility index (Phi) is 4.11. The number of nitrogens with two attached hydrogens (primary N) is 1. The summed E-state index contributed by atoms with van der Waals surface area (Å²) in [5.41, 5.74) is 7.37. The number of nitrogen functional groups attached to an aromatic ring is 1. The van der Waals surface area contributed by atoms with Crippen molar-refractivity contribution in [2.75, 3.05) is 36.9 Å². The summed E-state index contributed by atoms with van der Waals surface area (Å²) in [6, 6.07) is 3.97. The zero-order valence-corrected chi connectivity index (χ0v) is 10.9. The highest BCUT2D eigenvalue weighted by Gasteiger charge is 2.21. The fourth-order valence-corrected chi connectivity index (χ4v) is 2.46. The lowest BCUT2D eigenvalue weighted by molar-refractivity contribution is 0.139. The van der Waals surface area contributed by atoms with Crippen molar-refractivity contribution in [2.24, 2.45) is 0 Å². The molecule has 1 fully saturated rings. The molecule has 98 valence electrons. The van der Waals surface area contributed by atoms with E-state index in [1.807, 2.05) is 11.5 Å². The van der Waals surface area contributed by atoms with E-state index < -0.39 is 0 Å². The number of nitrogens with zero attached hydrogens (tertiary/aromatic N) is 3. The van der Waals surface area contributed by atoms with Crippen LogP contribution < -0.4 is 10.6 Å². The van der Waals surface area contributed by atoms with Crippen molar-refractivity contribution in [2.45, 2.75) is 26.3 Å². The van der Waals surface area contributed by atoms with Gasteiger partial charge in [-0.15, -0.1) is 0 Å². The average Bonchev–Trinajstić information content (AvgIpc) is 2.97. The third-order valence-corrected chi connectivity index (χ3v) is 3.28. The van der Waals surface area contributed by atoms with E-state index in [9.17, 15) is 0 Å². The molecule has 0 spiro atoms. The molecule has 1 aliphatic heterocycles. The molecular weight excluding hydrogens is 228 g/mol. The van der Waals surface area contributed by atoms with Crippen molar-refractivity contribution >= 4 is 11.5 Å². The number of aromatic nitrogens is 1. The Labute approximate surface area is 108 Å². The molecule has 0 saturated carbocycles. The summed E-state index contributed by atoms with van der Waals surface area (Å²) in [4.78, 5) is 2.27. The first-order valence-electron chi connectivity index (χ1n) is 6.49. The number of hydrogen-bond acceptors (Lipinski definition) is 4. The van der Waals surface area contributed by atoms with Crippen molar-refractivity contribution in [1.29, 1.82) is 5.26 Å². The lowest BCUT2D eigenvalue weighted by Gasteiger charge is -2.21. The van der Waals surface area contributed by atoms with Gasteiger partial charge in [-0.2, -0.15) is 5.26 Å². The SMILES string of the molecule is CCOCCn1c(C#N)cc(N)c1N1CCCC1. The average molecular weight is 248 g/mol. The Morgan fingerprint density at radius 2 is 2.17 bits per heavy atom. The second-order valence-electron chi connectivity index (χ2n) is 4.46. The van der Waals surface area contributed by atoms with Crippen LogP contribution in [0.1, 0.15) is 25.5 Å². The van der Waals surface area contributed by atoms with Gasteiger partial charge in [0.2, 0.25) is 0 Å². The van der Waals surface area contributed by atoms with Gasteiger partial charge in [0.15, 0.2) is 0 Å². The molecule has 0 aromatic carbocycles. The largest absolute Gasteiger partial charge is 0.396 e. The van der Waals surface area contributed by atoms with Gasteiger partial charge in [0.05, 0.1) is 12.3 Å². The van der Waals surface area contributed by atoms with E-state index >= 15 is 0 Å². The van der Waals surface area contributed by atoms with Crippen LogP contribution in [0.2, 0.25) is 0 Å². The second-order valence-corrected chi connectivity index (χ2v) is 4.46. The quantitative estimate of drug-likeness (QED) is 0.803. The lowest BCUT2D eigenvalue weighted by Crippen LogP contribution is -2.23. The van der Waals surface area contributed by atoms with Crippen molar-refractivity contribution in [3.8, 4) is 6.07 Å². The van der Waals surface area contributed by atoms with E-state index in [0.29, 0.717) is 31.1 Å². The van der Waals surface area contributed by atoms with E-state index in [1.165, 1.54) is 12.8 Å². The molecule has 2 rings (SSSR count). The molecule has 2 N–H and O–H groups in total. The Bertz CT molecular complexity index is 441. The van der Waals surface area contributed by atoms with E-state index in [4.69, 9.17) is 15.7 Å². The predicted molar refractivity (Wildman–Crippen MR) is 71.5 cm³/mol. The van der Waals surface area contributed by atoms with Gasteiger partial charge in [0.1, 0.15) is 17.6 Å². The molecule has 5 nitrogen and oxygen atoms in total. The molecule has 0 aliphatic carbocycles. The molecular formula is C13H20N4O. The number of rotatable bonds is 5. The summed E-state index contributed by atoms with van der Waals surface area (Å²) in [5, 5.41) is 9.17. The van der Waals surface area contributed by atoms with Gasteiger partial charge in [-0.3, -0.25) is 0 Å². The Morgan fingerprint density at radius 3 is 2.78 bits per heavy atom. The first-order chi connectivity index (χ1) is 8.77. The molecule has 0 unspecified atom stereocenters. The zero-order valence-electron chi connectivity index (χ0n) is 10.9. The van der Waals surface area contributed by atoms with Crippen LogP contribution in [0.15, 0.2) is 6.07 Å². The summed E-state index contributed by atoms with van der Waals surface area (Å²) >= 11 is 0. The maximum absolute atomic E-state index is 9.17. The normalized spacial score (nSPS) is 15.0. The van der Waals surface area contributed by atoms with Gasteiger partial charge in [-0.25, -0.2) is 0 Å². The highest BCUT2D eigenvalue weighted by atomic mass is 16.5. The predicted octanol–water partition coefficient (Wildman–Crippen LogP) is 1.58. The number of hydrogen-bond donors (Lipinski definition) is 1. The van der Waals surface area contributed by atoms with Crippen LogP contribution >= 0.6 is 0 Å². The zero-order chi connectivity index (χ0) is 13.0. The molecule has 5 heteroatoms. The van der Waals surface area contributed by atoms with Crippen molar-refractivity contribution < 1.29 is 4.74 Å². The molecule has 1 aliphatic rings. The molecule has 1 aromatic rings. The molecule has 0 atom stereocenters. The molecule has 0 amide bonds. The van der Waals surface area contributed by atoms with Gasteiger partial charge in [0, 0.05) is 26.2 Å². The standard InChI is InChI=1S/C13H20N4O/c1-2-18-8-7-17-11(10-14)9-12(15)13(17)16-5-3-4-6-16/h9H,2-8,15H2,1H3. The van der Waals surface area contributed by atoms with Crippen molar-refractivity contribution in [3.05, 3.63) is 11.8 Å². The molecule has 2 heterocycles. The Hall–Kier alpha value is -1.67. The molecule has 18 heavy (non-hydrogen) atoms. The minimum atomic E-state index is 0.611. The summed E-state index contributed by atoms with van der Waals surface area (Å²) in [6.07, 6.45) is 2.38. The number of ether oxygens (including phenoxy) is 1. The van der Waals surface area contributed by atoms with Crippen LogP contribution in [0.3, 0.4) is 0 Å². The van der Waals surface area contributed by atoms with Gasteiger partial charge < -0.3 is 19.9 Å². The summed E-state index contributed by atoms with van der Waals surface area (Å²) < 4.78 is 7.36. The highest BCUT2D eigenvalue weighted by molar-refractivity contribution is 5.68. The first-order valence-corrected chi connectivity index (χ1v) is 6.49. The van der Waals surface area contributed by atoms with Gasteiger partial charge in [0.25, 0.3) is 0 Å². The van der Waals surface area contributed by atoms with Crippen LogP contribution in [0.5, 0.6) is 0 Å². The van der Waals surface area contributed by atoms with Crippen LogP contribution in [0, 0.1) is 11.3 Å². The number of nitriles is 1. The van der Waals surface area contributed by atoms with E-state index in [0.717, 1.165) is 18.9 Å². The summed E-state index contributed by atoms with van der Waals surface area (Å²) in [5.74, 6) is 0.990. The molecule has 0 bridgehead atoms. The van der Waals surface area contributed by atoms with Gasteiger partial charge >= 0.3 is 0 Å². The third kappa shape index (κ3) is 2.44. The highest BCUT2D eigenvalue weighted by Crippen LogP contribution is 2.30. The van der Waals surface area contributed by atoms with Crippen molar-refractivity contribution in [1.82, 2.24) is 4.57 Å². The third-order valence-electron chi connectivity index (χ3n) is 3.28. The monoisotopic (exact) mass is 248 g/mol. The van der Waals surface area contributed by atoms with Gasteiger partial charge in [-0.1, -0.05) is 0 Å². The fourth-order valence-electron chi connectivity index (χ4n) is 2.46.